The monoisotopic (exact) mass is 274 g/mol. The molecule has 0 fully saturated rings. The quantitative estimate of drug-likeness (QED) is 0.847. The Balaban J connectivity index is 2.24. The molecule has 0 aliphatic heterocycles. The molecule has 0 aliphatic carbocycles. The van der Waals surface area contributed by atoms with Crippen molar-refractivity contribution >= 4 is 16.8 Å². The highest BCUT2D eigenvalue weighted by atomic mass is 16.7. The van der Waals surface area contributed by atoms with Crippen molar-refractivity contribution in [2.75, 3.05) is 14.2 Å². The van der Waals surface area contributed by atoms with Gasteiger partial charge in [-0.3, -0.25) is 9.78 Å². The first-order chi connectivity index (χ1) is 9.67. The second-order valence-corrected chi connectivity index (χ2v) is 4.48. The zero-order chi connectivity index (χ0) is 14.5. The van der Waals surface area contributed by atoms with Gasteiger partial charge in [0.05, 0.1) is 11.6 Å². The number of nitrogens with one attached hydrogen (secondary N) is 1. The van der Waals surface area contributed by atoms with E-state index in [-0.39, 0.29) is 11.9 Å². The highest BCUT2D eigenvalue weighted by Crippen LogP contribution is 2.16. The normalized spacial score (nSPS) is 12.6. The van der Waals surface area contributed by atoms with Gasteiger partial charge in [0.2, 0.25) is 0 Å². The van der Waals surface area contributed by atoms with E-state index in [9.17, 15) is 4.79 Å². The lowest BCUT2D eigenvalue weighted by Gasteiger charge is -2.22. The third kappa shape index (κ3) is 2.95. The molecule has 0 saturated carbocycles. The van der Waals surface area contributed by atoms with Gasteiger partial charge >= 0.3 is 0 Å². The van der Waals surface area contributed by atoms with Crippen LogP contribution in [0.5, 0.6) is 0 Å². The van der Waals surface area contributed by atoms with Crippen molar-refractivity contribution in [2.24, 2.45) is 0 Å². The molecule has 106 valence electrons. The van der Waals surface area contributed by atoms with Crippen molar-refractivity contribution in [1.29, 1.82) is 0 Å². The minimum Gasteiger partial charge on any atom is -0.354 e. The van der Waals surface area contributed by atoms with Crippen molar-refractivity contribution in [3.63, 3.8) is 0 Å². The number of benzene rings is 1. The number of hydrogen-bond acceptors (Lipinski definition) is 4. The van der Waals surface area contributed by atoms with Crippen LogP contribution in [0.2, 0.25) is 0 Å². The van der Waals surface area contributed by atoms with Crippen LogP contribution < -0.4 is 5.32 Å². The molecule has 2 aromatic rings. The van der Waals surface area contributed by atoms with E-state index in [2.05, 4.69) is 10.3 Å². The minimum absolute atomic E-state index is 0.171. The molecule has 1 atom stereocenters. The molecule has 2 rings (SSSR count). The van der Waals surface area contributed by atoms with Gasteiger partial charge in [0, 0.05) is 31.4 Å². The number of aromatic nitrogens is 1. The maximum absolute atomic E-state index is 12.4. The fraction of sp³-hybridized carbons (Fsp3) is 0.333. The maximum atomic E-state index is 12.4. The molecule has 5 heteroatoms. The van der Waals surface area contributed by atoms with Crippen LogP contribution in [0, 0.1) is 0 Å². The number of amides is 1. The first kappa shape index (κ1) is 14.4. The van der Waals surface area contributed by atoms with Crippen LogP contribution in [0.15, 0.2) is 36.5 Å². The molecule has 0 radical (unpaired) electrons. The molecule has 20 heavy (non-hydrogen) atoms. The smallest absolute Gasteiger partial charge is 0.252 e. The van der Waals surface area contributed by atoms with E-state index in [4.69, 9.17) is 9.47 Å². The van der Waals surface area contributed by atoms with Gasteiger partial charge in [0.15, 0.2) is 6.29 Å². The summed E-state index contributed by atoms with van der Waals surface area (Å²) in [5.41, 5.74) is 1.39. The average Bonchev–Trinajstić information content (AvgIpc) is 2.47. The van der Waals surface area contributed by atoms with Gasteiger partial charge in [0.1, 0.15) is 0 Å². The number of hydrogen-bond donors (Lipinski definition) is 1. The molecule has 1 unspecified atom stereocenters. The molecule has 0 spiro atoms. The molecule has 1 heterocycles. The zero-order valence-corrected chi connectivity index (χ0v) is 11.8. The number of fused-ring (bicyclic) bond motifs is 1. The lowest BCUT2D eigenvalue weighted by Crippen LogP contribution is -2.43. The summed E-state index contributed by atoms with van der Waals surface area (Å²) in [4.78, 5) is 16.6. The zero-order valence-electron chi connectivity index (χ0n) is 11.8. The molecule has 0 aliphatic rings. The maximum Gasteiger partial charge on any atom is 0.252 e. The number of methoxy groups -OCH3 is 2. The topological polar surface area (TPSA) is 60.5 Å². The lowest BCUT2D eigenvalue weighted by molar-refractivity contribution is -0.117. The number of pyridine rings is 1. The summed E-state index contributed by atoms with van der Waals surface area (Å²) < 4.78 is 10.3. The standard InChI is InChI=1S/C15H18N2O3/c1-10(15(19-2)20-3)17-14(18)12-6-4-8-13-11(12)7-5-9-16-13/h4-10,15H,1-3H3,(H,17,18). The Kier molecular flexibility index (Phi) is 4.65. The first-order valence-corrected chi connectivity index (χ1v) is 6.37. The predicted octanol–water partition coefficient (Wildman–Crippen LogP) is 1.97. The molecule has 1 amide bonds. The van der Waals surface area contributed by atoms with Crippen LogP contribution in [0.1, 0.15) is 17.3 Å². The van der Waals surface area contributed by atoms with Gasteiger partial charge in [-0.05, 0) is 25.1 Å². The molecule has 0 bridgehead atoms. The Morgan fingerprint density at radius 2 is 1.95 bits per heavy atom. The van der Waals surface area contributed by atoms with Crippen molar-refractivity contribution in [1.82, 2.24) is 10.3 Å². The van der Waals surface area contributed by atoms with Crippen LogP contribution in [-0.2, 0) is 9.47 Å². The molecule has 1 N–H and O–H groups in total. The van der Waals surface area contributed by atoms with Crippen LogP contribution in [0.25, 0.3) is 10.9 Å². The Labute approximate surface area is 117 Å². The fourth-order valence-electron chi connectivity index (χ4n) is 2.16. The first-order valence-electron chi connectivity index (χ1n) is 6.37. The average molecular weight is 274 g/mol. The predicted molar refractivity (Wildman–Crippen MR) is 76.5 cm³/mol. The van der Waals surface area contributed by atoms with Gasteiger partial charge in [-0.25, -0.2) is 0 Å². The third-order valence-corrected chi connectivity index (χ3v) is 3.12. The summed E-state index contributed by atoms with van der Waals surface area (Å²) in [5, 5.41) is 3.70. The highest BCUT2D eigenvalue weighted by Gasteiger charge is 2.19. The molecule has 5 nitrogen and oxygen atoms in total. The minimum atomic E-state index is -0.480. The van der Waals surface area contributed by atoms with Crippen molar-refractivity contribution in [2.45, 2.75) is 19.3 Å². The second kappa shape index (κ2) is 6.45. The molecule has 1 aromatic heterocycles. The lowest BCUT2D eigenvalue weighted by atomic mass is 10.1. The van der Waals surface area contributed by atoms with E-state index >= 15 is 0 Å². The Hall–Kier alpha value is -1.98. The van der Waals surface area contributed by atoms with E-state index < -0.39 is 6.29 Å². The summed E-state index contributed by atoms with van der Waals surface area (Å²) in [7, 11) is 3.08. The number of nitrogens with zero attached hydrogens (tertiary/aromatic N) is 1. The van der Waals surface area contributed by atoms with Crippen molar-refractivity contribution in [3.05, 3.63) is 42.1 Å². The van der Waals surface area contributed by atoms with E-state index in [1.807, 2.05) is 31.2 Å². The summed E-state index contributed by atoms with van der Waals surface area (Å²) in [6.45, 7) is 1.83. The Morgan fingerprint density at radius 3 is 2.65 bits per heavy atom. The van der Waals surface area contributed by atoms with Crippen LogP contribution in [0.4, 0.5) is 0 Å². The number of rotatable bonds is 5. The summed E-state index contributed by atoms with van der Waals surface area (Å²) in [6, 6.07) is 8.91. The number of ether oxygens (including phenoxy) is 2. The van der Waals surface area contributed by atoms with E-state index in [0.29, 0.717) is 5.56 Å². The summed E-state index contributed by atoms with van der Waals surface area (Å²) in [6.07, 6.45) is 1.23. The molecule has 1 aromatic carbocycles. The van der Waals surface area contributed by atoms with Crippen molar-refractivity contribution in [3.8, 4) is 0 Å². The molecule has 0 saturated heterocycles. The molecular weight excluding hydrogens is 256 g/mol. The van der Waals surface area contributed by atoms with Crippen LogP contribution in [0.3, 0.4) is 0 Å². The van der Waals surface area contributed by atoms with Gasteiger partial charge in [-0.2, -0.15) is 0 Å². The Bertz CT molecular complexity index is 591. The fourth-order valence-corrected chi connectivity index (χ4v) is 2.16. The van der Waals surface area contributed by atoms with E-state index in [1.165, 1.54) is 0 Å². The number of carbonyl (C=O) groups excluding carboxylic acids is 1. The van der Waals surface area contributed by atoms with Crippen LogP contribution >= 0.6 is 0 Å². The molecular formula is C15H18N2O3. The van der Waals surface area contributed by atoms with Crippen LogP contribution in [-0.4, -0.2) is 37.4 Å². The SMILES string of the molecule is COC(OC)C(C)NC(=O)c1cccc2ncccc12. The largest absolute Gasteiger partial charge is 0.354 e. The van der Waals surface area contributed by atoms with E-state index in [0.717, 1.165) is 10.9 Å². The van der Waals surface area contributed by atoms with Gasteiger partial charge in [-0.15, -0.1) is 0 Å². The van der Waals surface area contributed by atoms with E-state index in [1.54, 1.807) is 26.5 Å². The highest BCUT2D eigenvalue weighted by molar-refractivity contribution is 6.06. The summed E-state index contributed by atoms with van der Waals surface area (Å²) in [5.74, 6) is -0.171. The van der Waals surface area contributed by atoms with Gasteiger partial charge in [-0.1, -0.05) is 12.1 Å². The Morgan fingerprint density at radius 1 is 1.20 bits per heavy atom. The number of carbonyl (C=O) groups is 1. The second-order valence-electron chi connectivity index (χ2n) is 4.48. The van der Waals surface area contributed by atoms with Gasteiger partial charge < -0.3 is 14.8 Å². The van der Waals surface area contributed by atoms with Gasteiger partial charge in [0.25, 0.3) is 5.91 Å². The van der Waals surface area contributed by atoms with Crippen molar-refractivity contribution < 1.29 is 14.3 Å². The third-order valence-electron chi connectivity index (χ3n) is 3.12. The summed E-state index contributed by atoms with van der Waals surface area (Å²) >= 11 is 0.